The van der Waals surface area contributed by atoms with Crippen LogP contribution in [0.4, 0.5) is 5.69 Å². The van der Waals surface area contributed by atoms with Gasteiger partial charge in [0.25, 0.3) is 5.91 Å². The van der Waals surface area contributed by atoms with Gasteiger partial charge in [-0.3, -0.25) is 9.59 Å². The molecule has 0 aliphatic rings. The van der Waals surface area contributed by atoms with Crippen LogP contribution >= 0.6 is 39.5 Å². The van der Waals surface area contributed by atoms with Crippen molar-refractivity contribution in [1.29, 1.82) is 0 Å². The molecule has 0 saturated heterocycles. The second kappa shape index (κ2) is 12.3. The smallest absolute Gasteiger partial charge is 0.271 e. The first kappa shape index (κ1) is 24.7. The highest BCUT2D eigenvalue weighted by Crippen LogP contribution is 2.20. The van der Waals surface area contributed by atoms with Crippen LogP contribution in [-0.4, -0.2) is 45.6 Å². The summed E-state index contributed by atoms with van der Waals surface area (Å²) in [6.45, 7) is 6.03. The van der Waals surface area contributed by atoms with Crippen LogP contribution in [0, 0.1) is 13.8 Å². The second-order valence-electron chi connectivity index (χ2n) is 6.81. The Kier molecular flexibility index (Phi) is 10.1. The molecule has 6 nitrogen and oxygen atoms in total. The summed E-state index contributed by atoms with van der Waals surface area (Å²) in [6, 6.07) is 5.18. The van der Waals surface area contributed by atoms with E-state index >= 15 is 0 Å². The summed E-state index contributed by atoms with van der Waals surface area (Å²) in [6.07, 6.45) is 5.05. The Bertz CT molecular complexity index is 895. The first-order valence-corrected chi connectivity index (χ1v) is 12.9. The van der Waals surface area contributed by atoms with Crippen LogP contribution in [0.1, 0.15) is 41.4 Å². The molecule has 1 atom stereocenters. The summed E-state index contributed by atoms with van der Waals surface area (Å²) >= 11 is 6.47. The lowest BCUT2D eigenvalue weighted by Crippen LogP contribution is -2.44. The van der Waals surface area contributed by atoms with Gasteiger partial charge in [0.1, 0.15) is 11.7 Å². The molecule has 0 spiro atoms. The van der Waals surface area contributed by atoms with Gasteiger partial charge in [0.05, 0.1) is 4.47 Å². The van der Waals surface area contributed by atoms with E-state index in [0.29, 0.717) is 16.0 Å². The Morgan fingerprint density at radius 3 is 2.67 bits per heavy atom. The number of carbonyl (C=O) groups is 2. The second-order valence-corrected chi connectivity index (χ2v) is 9.71. The van der Waals surface area contributed by atoms with Gasteiger partial charge in [-0.15, -0.1) is 0 Å². The van der Waals surface area contributed by atoms with Crippen LogP contribution in [-0.2, 0) is 4.79 Å². The number of rotatable bonds is 10. The average Bonchev–Trinajstić information content (AvgIpc) is 2.72. The first-order valence-electron chi connectivity index (χ1n) is 9.69. The third-order valence-corrected chi connectivity index (χ3v) is 6.54. The zero-order chi connectivity index (χ0) is 22.1. The minimum absolute atomic E-state index is 0.233. The largest absolute Gasteiger partial charge is 0.339 e. The fraction of sp³-hybridized carbons (Fsp3) is 0.429. The van der Waals surface area contributed by atoms with Gasteiger partial charge in [-0.1, -0.05) is 36.4 Å². The van der Waals surface area contributed by atoms with Crippen molar-refractivity contribution in [3.8, 4) is 0 Å². The van der Waals surface area contributed by atoms with Crippen molar-refractivity contribution in [2.75, 3.05) is 23.1 Å². The van der Waals surface area contributed by atoms with Gasteiger partial charge in [0, 0.05) is 17.6 Å². The highest BCUT2D eigenvalue weighted by Gasteiger charge is 2.24. The molecule has 0 aliphatic heterocycles. The number of aromatic nitrogens is 2. The van der Waals surface area contributed by atoms with E-state index in [4.69, 9.17) is 0 Å². The minimum Gasteiger partial charge on any atom is -0.339 e. The Hall–Kier alpha value is -1.58. The monoisotopic (exact) mass is 510 g/mol. The number of nitrogens with one attached hydrogen (secondary N) is 2. The minimum atomic E-state index is -0.667. The van der Waals surface area contributed by atoms with E-state index < -0.39 is 11.9 Å². The van der Waals surface area contributed by atoms with Crippen LogP contribution in [0.2, 0.25) is 0 Å². The summed E-state index contributed by atoms with van der Waals surface area (Å²) in [5, 5.41) is 6.34. The Morgan fingerprint density at radius 2 is 2.00 bits per heavy atom. The lowest BCUT2D eigenvalue weighted by molar-refractivity contribution is -0.118. The van der Waals surface area contributed by atoms with Crippen LogP contribution in [0.3, 0.4) is 0 Å². The first-order chi connectivity index (χ1) is 14.3. The maximum absolute atomic E-state index is 12.9. The van der Waals surface area contributed by atoms with Crippen molar-refractivity contribution in [3.05, 3.63) is 45.7 Å². The highest BCUT2D eigenvalue weighted by molar-refractivity contribution is 9.10. The third-order valence-electron chi connectivity index (χ3n) is 4.24. The third kappa shape index (κ3) is 7.28. The Labute approximate surface area is 194 Å². The molecule has 0 saturated carbocycles. The highest BCUT2D eigenvalue weighted by atomic mass is 79.9. The number of carbonyl (C=O) groups excluding carboxylic acids is 2. The lowest BCUT2D eigenvalue weighted by atomic mass is 10.1. The summed E-state index contributed by atoms with van der Waals surface area (Å²) in [7, 11) is 0. The molecule has 0 fully saturated rings. The number of halogens is 1. The van der Waals surface area contributed by atoms with E-state index in [1.165, 1.54) is 11.8 Å². The van der Waals surface area contributed by atoms with Crippen molar-refractivity contribution in [2.24, 2.45) is 0 Å². The fourth-order valence-corrected chi connectivity index (χ4v) is 4.19. The molecule has 1 aromatic heterocycles. The van der Waals surface area contributed by atoms with Crippen LogP contribution < -0.4 is 10.6 Å². The van der Waals surface area contributed by atoms with E-state index in [9.17, 15) is 9.59 Å². The molecular formula is C21H27BrN4O2S2. The molecule has 30 heavy (non-hydrogen) atoms. The maximum Gasteiger partial charge on any atom is 0.271 e. The number of aryl methyl sites for hydroxylation is 2. The quantitative estimate of drug-likeness (QED) is 0.351. The molecule has 9 heteroatoms. The molecule has 2 amide bonds. The average molecular weight is 512 g/mol. The predicted octanol–water partition coefficient (Wildman–Crippen LogP) is 4.85. The number of anilines is 1. The van der Waals surface area contributed by atoms with Crippen LogP contribution in [0.15, 0.2) is 34.0 Å². The molecule has 0 aliphatic carbocycles. The zero-order valence-electron chi connectivity index (χ0n) is 17.6. The molecule has 1 aromatic carbocycles. The fourth-order valence-electron chi connectivity index (χ4n) is 2.68. The molecule has 0 unspecified atom stereocenters. The standard InChI is InChI=1S/C21H27BrN4O2S2/c1-5-9-30-21-23-12-15(22)18(26-21)20(28)25-17(8-10-29-4)19(27)24-16-7-6-13(2)11-14(16)3/h6-7,11-12,17H,5,8-10H2,1-4H3,(H,24,27)(H,25,28)/t17-/m1/s1. The van der Waals surface area contributed by atoms with Gasteiger partial charge >= 0.3 is 0 Å². The summed E-state index contributed by atoms with van der Waals surface area (Å²) in [4.78, 5) is 34.4. The summed E-state index contributed by atoms with van der Waals surface area (Å²) in [5.74, 6) is 0.977. The van der Waals surface area contributed by atoms with Gasteiger partial charge < -0.3 is 10.6 Å². The Balaban J connectivity index is 2.16. The number of hydrogen-bond donors (Lipinski definition) is 2. The van der Waals surface area contributed by atoms with E-state index in [2.05, 4.69) is 43.5 Å². The maximum atomic E-state index is 12.9. The summed E-state index contributed by atoms with van der Waals surface area (Å²) in [5.41, 5.74) is 3.09. The van der Waals surface area contributed by atoms with Gasteiger partial charge in [0.2, 0.25) is 5.91 Å². The molecule has 0 radical (unpaired) electrons. The van der Waals surface area contributed by atoms with Gasteiger partial charge in [-0.05, 0) is 66.3 Å². The van der Waals surface area contributed by atoms with Gasteiger partial charge in [-0.2, -0.15) is 11.8 Å². The van der Waals surface area contributed by atoms with E-state index in [1.54, 1.807) is 18.0 Å². The summed E-state index contributed by atoms with van der Waals surface area (Å²) < 4.78 is 0.499. The van der Waals surface area contributed by atoms with E-state index in [-0.39, 0.29) is 11.6 Å². The molecule has 2 aromatic rings. The lowest BCUT2D eigenvalue weighted by Gasteiger charge is -2.19. The van der Waals surface area contributed by atoms with Crippen molar-refractivity contribution < 1.29 is 9.59 Å². The van der Waals surface area contributed by atoms with Crippen molar-refractivity contribution >= 4 is 57.0 Å². The van der Waals surface area contributed by atoms with E-state index in [0.717, 1.165) is 34.7 Å². The molecule has 1 heterocycles. The SMILES string of the molecule is CCCSc1ncc(Br)c(C(=O)N[C@H](CCSC)C(=O)Nc2ccc(C)cc2C)n1. The molecular weight excluding hydrogens is 484 g/mol. The number of hydrogen-bond acceptors (Lipinski definition) is 6. The number of thioether (sulfide) groups is 2. The number of amides is 2. The molecule has 2 rings (SSSR count). The van der Waals surface area contributed by atoms with Crippen LogP contribution in [0.5, 0.6) is 0 Å². The molecule has 0 bridgehead atoms. The Morgan fingerprint density at radius 1 is 1.23 bits per heavy atom. The van der Waals surface area contributed by atoms with Crippen molar-refractivity contribution in [3.63, 3.8) is 0 Å². The van der Waals surface area contributed by atoms with Crippen molar-refractivity contribution in [2.45, 2.75) is 44.8 Å². The predicted molar refractivity (Wildman–Crippen MR) is 130 cm³/mol. The number of nitrogens with zero attached hydrogens (tertiary/aromatic N) is 2. The normalized spacial score (nSPS) is 11.8. The molecule has 162 valence electrons. The van der Waals surface area contributed by atoms with Crippen molar-refractivity contribution in [1.82, 2.24) is 15.3 Å². The molecule has 2 N–H and O–H groups in total. The topological polar surface area (TPSA) is 84.0 Å². The zero-order valence-corrected chi connectivity index (χ0v) is 20.8. The van der Waals surface area contributed by atoms with Crippen LogP contribution in [0.25, 0.3) is 0 Å². The number of benzene rings is 1. The van der Waals surface area contributed by atoms with Gasteiger partial charge in [0.15, 0.2) is 5.16 Å². The van der Waals surface area contributed by atoms with E-state index in [1.807, 2.05) is 38.3 Å². The van der Waals surface area contributed by atoms with Gasteiger partial charge in [-0.25, -0.2) is 9.97 Å².